The van der Waals surface area contributed by atoms with Gasteiger partial charge in [-0.05, 0) is 49.3 Å². The van der Waals surface area contributed by atoms with E-state index in [1.165, 1.54) is 0 Å². The Morgan fingerprint density at radius 2 is 1.81 bits per heavy atom. The molecule has 0 aliphatic rings. The number of hydrogen-bond acceptors (Lipinski definition) is 5. The molecule has 8 N–H and O–H groups in total. The van der Waals surface area contributed by atoms with E-state index in [-0.39, 0.29) is 36.0 Å². The first-order chi connectivity index (χ1) is 14.8. The summed E-state index contributed by atoms with van der Waals surface area (Å²) in [5.41, 5.74) is 11.6. The lowest BCUT2D eigenvalue weighted by Crippen LogP contribution is -2.53. The van der Waals surface area contributed by atoms with Crippen molar-refractivity contribution in [2.45, 2.75) is 64.5 Å². The van der Waals surface area contributed by atoms with E-state index in [9.17, 15) is 19.8 Å². The number of amides is 2. The Bertz CT molecular complexity index is 704. The predicted molar refractivity (Wildman–Crippen MR) is 121 cm³/mol. The first-order valence-corrected chi connectivity index (χ1v) is 10.8. The zero-order valence-corrected chi connectivity index (χ0v) is 18.5. The lowest BCUT2D eigenvalue weighted by molar-refractivity contribution is -0.131. The summed E-state index contributed by atoms with van der Waals surface area (Å²) >= 11 is 0. The molecule has 2 amide bonds. The van der Waals surface area contributed by atoms with Gasteiger partial charge < -0.3 is 32.3 Å². The standard InChI is InChI=1S/C22H37N5O4/c1-3-15(2)20(21(31)26-17(14-28)7-5-13-25-22(23)24)27-19(30)8-4-6-16-9-11-18(29)12-10-16/h9-12,15,17,20,28-29H,3-8,13-14H2,1-2H3,(H,26,31)(H,27,30)(H4,23,24,25)/t15-,17-,20-/m0/s1. The van der Waals surface area contributed by atoms with Crippen LogP contribution in [0.25, 0.3) is 0 Å². The highest BCUT2D eigenvalue weighted by Gasteiger charge is 2.27. The van der Waals surface area contributed by atoms with Crippen LogP contribution in [0.1, 0.15) is 51.5 Å². The Hall–Kier alpha value is -2.81. The maximum Gasteiger partial charge on any atom is 0.243 e. The Balaban J connectivity index is 2.55. The van der Waals surface area contributed by atoms with Crippen LogP contribution >= 0.6 is 0 Å². The van der Waals surface area contributed by atoms with Gasteiger partial charge in [0.15, 0.2) is 5.96 Å². The van der Waals surface area contributed by atoms with E-state index in [2.05, 4.69) is 15.6 Å². The van der Waals surface area contributed by atoms with E-state index < -0.39 is 12.1 Å². The lowest BCUT2D eigenvalue weighted by Gasteiger charge is -2.26. The van der Waals surface area contributed by atoms with Crippen molar-refractivity contribution in [1.82, 2.24) is 10.6 Å². The quantitative estimate of drug-likeness (QED) is 0.144. The first kappa shape index (κ1) is 26.2. The third-order valence-electron chi connectivity index (χ3n) is 5.19. The minimum atomic E-state index is -0.669. The van der Waals surface area contributed by atoms with Crippen LogP contribution in [-0.2, 0) is 16.0 Å². The van der Waals surface area contributed by atoms with Gasteiger partial charge in [0.1, 0.15) is 11.8 Å². The van der Waals surface area contributed by atoms with Crippen LogP contribution in [0, 0.1) is 5.92 Å². The Kier molecular flexibility index (Phi) is 12.0. The van der Waals surface area contributed by atoms with E-state index in [1.807, 2.05) is 26.0 Å². The monoisotopic (exact) mass is 435 g/mol. The number of rotatable bonds is 14. The fourth-order valence-electron chi connectivity index (χ4n) is 3.11. The molecule has 0 saturated heterocycles. The number of hydrogen-bond donors (Lipinski definition) is 6. The minimum absolute atomic E-state index is 0.00884. The van der Waals surface area contributed by atoms with Gasteiger partial charge in [0.2, 0.25) is 11.8 Å². The van der Waals surface area contributed by atoms with Crippen LogP contribution in [0.2, 0.25) is 0 Å². The summed E-state index contributed by atoms with van der Waals surface area (Å²) in [4.78, 5) is 29.1. The zero-order valence-electron chi connectivity index (χ0n) is 18.5. The van der Waals surface area contributed by atoms with Gasteiger partial charge in [-0.1, -0.05) is 32.4 Å². The fourth-order valence-corrected chi connectivity index (χ4v) is 3.11. The number of nitrogens with zero attached hydrogens (tertiary/aromatic N) is 1. The number of benzene rings is 1. The molecular formula is C22H37N5O4. The van der Waals surface area contributed by atoms with Crippen LogP contribution in [-0.4, -0.2) is 53.2 Å². The summed E-state index contributed by atoms with van der Waals surface area (Å²) in [6.07, 6.45) is 3.49. The van der Waals surface area contributed by atoms with Crippen molar-refractivity contribution in [1.29, 1.82) is 0 Å². The van der Waals surface area contributed by atoms with Gasteiger partial charge in [-0.2, -0.15) is 0 Å². The molecule has 1 aromatic carbocycles. The molecule has 0 bridgehead atoms. The van der Waals surface area contributed by atoms with Gasteiger partial charge in [-0.25, -0.2) is 0 Å². The molecule has 174 valence electrons. The number of aliphatic hydroxyl groups excluding tert-OH is 1. The van der Waals surface area contributed by atoms with Crippen molar-refractivity contribution in [2.75, 3.05) is 13.2 Å². The Morgan fingerprint density at radius 1 is 1.13 bits per heavy atom. The SMILES string of the molecule is CC[C@H](C)[C@H](NC(=O)CCCc1ccc(O)cc1)C(=O)N[C@H](CO)CCCN=C(N)N. The lowest BCUT2D eigenvalue weighted by atomic mass is 9.97. The summed E-state index contributed by atoms with van der Waals surface area (Å²) in [5.74, 6) is -0.326. The normalized spacial score (nSPS) is 13.6. The number of guanidine groups is 1. The van der Waals surface area contributed by atoms with Crippen molar-refractivity contribution in [2.24, 2.45) is 22.4 Å². The molecule has 0 aliphatic carbocycles. The van der Waals surface area contributed by atoms with Gasteiger partial charge in [-0.15, -0.1) is 0 Å². The maximum atomic E-state index is 12.8. The molecule has 0 radical (unpaired) electrons. The molecule has 9 heteroatoms. The number of aliphatic imine (C=N–C) groups is 1. The molecule has 3 atom stereocenters. The average molecular weight is 436 g/mol. The second kappa shape index (κ2) is 14.2. The zero-order chi connectivity index (χ0) is 23.2. The second-order valence-electron chi connectivity index (χ2n) is 7.79. The largest absolute Gasteiger partial charge is 0.508 e. The van der Waals surface area contributed by atoms with Crippen LogP contribution in [0.15, 0.2) is 29.3 Å². The smallest absolute Gasteiger partial charge is 0.243 e. The van der Waals surface area contributed by atoms with E-state index in [1.54, 1.807) is 12.1 Å². The summed E-state index contributed by atoms with van der Waals surface area (Å²) in [6.45, 7) is 4.08. The molecule has 0 aliphatic heterocycles. The fraction of sp³-hybridized carbons (Fsp3) is 0.591. The molecule has 0 fully saturated rings. The highest BCUT2D eigenvalue weighted by atomic mass is 16.3. The van der Waals surface area contributed by atoms with Gasteiger partial charge >= 0.3 is 0 Å². The second-order valence-corrected chi connectivity index (χ2v) is 7.79. The number of nitrogens with one attached hydrogen (secondary N) is 2. The van der Waals surface area contributed by atoms with Crippen molar-refractivity contribution in [3.8, 4) is 5.75 Å². The first-order valence-electron chi connectivity index (χ1n) is 10.8. The van der Waals surface area contributed by atoms with Crippen LogP contribution in [0.4, 0.5) is 0 Å². The number of aliphatic hydroxyl groups is 1. The van der Waals surface area contributed by atoms with E-state index in [4.69, 9.17) is 11.5 Å². The molecule has 1 rings (SSSR count). The molecular weight excluding hydrogens is 398 g/mol. The Labute approximate surface area is 184 Å². The number of aromatic hydroxyl groups is 1. The number of carbonyl (C=O) groups excluding carboxylic acids is 2. The third-order valence-corrected chi connectivity index (χ3v) is 5.19. The summed E-state index contributed by atoms with van der Waals surface area (Å²) in [5, 5.41) is 24.6. The van der Waals surface area contributed by atoms with E-state index in [0.29, 0.717) is 38.6 Å². The molecule has 0 heterocycles. The van der Waals surface area contributed by atoms with Gasteiger partial charge in [0, 0.05) is 13.0 Å². The molecule has 0 aromatic heterocycles. The predicted octanol–water partition coefficient (Wildman–Crippen LogP) is 0.777. The number of phenolic OH excluding ortho intramolecular Hbond substituents is 1. The minimum Gasteiger partial charge on any atom is -0.508 e. The van der Waals surface area contributed by atoms with Gasteiger partial charge in [-0.3, -0.25) is 14.6 Å². The number of aryl methyl sites for hydroxylation is 1. The average Bonchev–Trinajstić information content (AvgIpc) is 2.74. The Morgan fingerprint density at radius 3 is 2.39 bits per heavy atom. The summed E-state index contributed by atoms with van der Waals surface area (Å²) in [7, 11) is 0. The van der Waals surface area contributed by atoms with Crippen molar-refractivity contribution in [3.05, 3.63) is 29.8 Å². The number of nitrogens with two attached hydrogens (primary N) is 2. The van der Waals surface area contributed by atoms with Crippen LogP contribution in [0.3, 0.4) is 0 Å². The highest BCUT2D eigenvalue weighted by molar-refractivity contribution is 5.88. The van der Waals surface area contributed by atoms with E-state index in [0.717, 1.165) is 12.0 Å². The third kappa shape index (κ3) is 10.7. The van der Waals surface area contributed by atoms with Gasteiger partial charge in [0.25, 0.3) is 0 Å². The van der Waals surface area contributed by atoms with Crippen LogP contribution in [0.5, 0.6) is 5.75 Å². The summed E-state index contributed by atoms with van der Waals surface area (Å²) in [6, 6.07) is 5.79. The van der Waals surface area contributed by atoms with Crippen molar-refractivity contribution >= 4 is 17.8 Å². The number of phenols is 1. The molecule has 31 heavy (non-hydrogen) atoms. The van der Waals surface area contributed by atoms with Crippen LogP contribution < -0.4 is 22.1 Å². The van der Waals surface area contributed by atoms with Crippen molar-refractivity contribution < 1.29 is 19.8 Å². The molecule has 1 aromatic rings. The molecule has 0 spiro atoms. The maximum absolute atomic E-state index is 12.8. The van der Waals surface area contributed by atoms with Gasteiger partial charge in [0.05, 0.1) is 12.6 Å². The number of carbonyl (C=O) groups is 2. The highest BCUT2D eigenvalue weighted by Crippen LogP contribution is 2.13. The van der Waals surface area contributed by atoms with Crippen molar-refractivity contribution in [3.63, 3.8) is 0 Å². The summed E-state index contributed by atoms with van der Waals surface area (Å²) < 4.78 is 0. The topological polar surface area (TPSA) is 163 Å². The molecule has 9 nitrogen and oxygen atoms in total. The van der Waals surface area contributed by atoms with E-state index >= 15 is 0 Å². The molecule has 0 unspecified atom stereocenters. The molecule has 0 saturated carbocycles.